The van der Waals surface area contributed by atoms with E-state index in [2.05, 4.69) is 13.8 Å². The second kappa shape index (κ2) is 6.42. The van der Waals surface area contributed by atoms with E-state index in [-0.39, 0.29) is 5.78 Å². The number of aliphatic carboxylic acids is 1. The Balaban J connectivity index is 2.28. The summed E-state index contributed by atoms with van der Waals surface area (Å²) in [6.07, 6.45) is 9.31. The smallest absolute Gasteiger partial charge is 0.328 e. The fraction of sp³-hybridized carbons (Fsp3) is 0.556. The monoisotopic (exact) mass is 288 g/mol. The highest BCUT2D eigenvalue weighted by Gasteiger charge is 2.40. The second-order valence-electron chi connectivity index (χ2n) is 6.60. The summed E-state index contributed by atoms with van der Waals surface area (Å²) in [5.74, 6) is 1.44. The molecule has 1 fully saturated rings. The Bertz CT molecular complexity index is 525. The molecule has 0 saturated heterocycles. The number of allylic oxidation sites excluding steroid dienone is 5. The molecule has 1 saturated carbocycles. The van der Waals surface area contributed by atoms with Gasteiger partial charge in [-0.2, -0.15) is 0 Å². The minimum Gasteiger partial charge on any atom is -0.478 e. The van der Waals surface area contributed by atoms with Crippen molar-refractivity contribution in [2.45, 2.75) is 40.0 Å². The van der Waals surface area contributed by atoms with E-state index in [9.17, 15) is 9.59 Å². The van der Waals surface area contributed by atoms with E-state index in [1.807, 2.05) is 13.0 Å². The van der Waals surface area contributed by atoms with Crippen molar-refractivity contribution in [3.63, 3.8) is 0 Å². The maximum atomic E-state index is 12.2. The number of hydrogen-bond acceptors (Lipinski definition) is 2. The number of fused-ring (bicyclic) bond motifs is 1. The molecule has 21 heavy (non-hydrogen) atoms. The molecule has 4 atom stereocenters. The number of ketones is 1. The minimum absolute atomic E-state index is 0.249. The maximum Gasteiger partial charge on any atom is 0.328 e. The number of carboxylic acids is 1. The lowest BCUT2D eigenvalue weighted by Crippen LogP contribution is -2.37. The molecule has 0 bridgehead atoms. The standard InChI is InChI=1S/C18H24O3/c1-11-8-12(2)18-14(9-11)10-16(19)13(3)15(18)6-4-5-7-17(20)21/h4-7,11-12,14,18H,8-10H2,1-3H3,(H,20,21)/b6-4?,7-5+/t11-,12-,14-,18-/m0/s1. The van der Waals surface area contributed by atoms with Crippen LogP contribution in [0.1, 0.15) is 40.0 Å². The molecule has 114 valence electrons. The molecule has 0 heterocycles. The lowest BCUT2D eigenvalue weighted by Gasteiger charge is -2.43. The highest BCUT2D eigenvalue weighted by Crippen LogP contribution is 2.47. The van der Waals surface area contributed by atoms with Gasteiger partial charge in [-0.1, -0.05) is 32.1 Å². The molecule has 0 aliphatic heterocycles. The molecule has 2 aliphatic carbocycles. The number of Topliss-reactive ketones (excluding diaryl/α,β-unsaturated/α-hetero) is 1. The molecule has 3 nitrogen and oxygen atoms in total. The Labute approximate surface area is 126 Å². The van der Waals surface area contributed by atoms with Crippen LogP contribution in [0.3, 0.4) is 0 Å². The van der Waals surface area contributed by atoms with E-state index in [1.54, 1.807) is 6.08 Å². The molecular formula is C18H24O3. The van der Waals surface area contributed by atoms with Crippen molar-refractivity contribution in [3.8, 4) is 0 Å². The molecule has 0 unspecified atom stereocenters. The van der Waals surface area contributed by atoms with Crippen LogP contribution in [-0.4, -0.2) is 16.9 Å². The normalized spacial score (nSPS) is 33.8. The van der Waals surface area contributed by atoms with Crippen LogP contribution in [0.25, 0.3) is 0 Å². The number of carbonyl (C=O) groups excluding carboxylic acids is 1. The van der Waals surface area contributed by atoms with Crippen LogP contribution in [0.15, 0.2) is 35.5 Å². The first-order valence-electron chi connectivity index (χ1n) is 7.71. The Morgan fingerprint density at radius 2 is 1.95 bits per heavy atom. The summed E-state index contributed by atoms with van der Waals surface area (Å²) in [6.45, 7) is 6.45. The number of carbonyl (C=O) groups is 2. The van der Waals surface area contributed by atoms with Crippen LogP contribution >= 0.6 is 0 Å². The van der Waals surface area contributed by atoms with Gasteiger partial charge in [0.2, 0.25) is 0 Å². The molecule has 0 aromatic rings. The summed E-state index contributed by atoms with van der Waals surface area (Å²) in [6, 6.07) is 0. The van der Waals surface area contributed by atoms with Gasteiger partial charge < -0.3 is 5.11 Å². The maximum absolute atomic E-state index is 12.2. The minimum atomic E-state index is -0.956. The van der Waals surface area contributed by atoms with E-state index in [0.29, 0.717) is 30.1 Å². The Hall–Kier alpha value is -1.64. The van der Waals surface area contributed by atoms with Gasteiger partial charge in [0.1, 0.15) is 0 Å². The van der Waals surface area contributed by atoms with Gasteiger partial charge >= 0.3 is 5.97 Å². The molecule has 0 spiro atoms. The topological polar surface area (TPSA) is 54.4 Å². The zero-order valence-corrected chi connectivity index (χ0v) is 13.0. The molecule has 0 radical (unpaired) electrons. The van der Waals surface area contributed by atoms with Gasteiger partial charge in [-0.05, 0) is 54.6 Å². The highest BCUT2D eigenvalue weighted by atomic mass is 16.4. The van der Waals surface area contributed by atoms with Gasteiger partial charge in [0.25, 0.3) is 0 Å². The van der Waals surface area contributed by atoms with Crippen molar-refractivity contribution in [1.29, 1.82) is 0 Å². The van der Waals surface area contributed by atoms with E-state index < -0.39 is 5.97 Å². The predicted molar refractivity (Wildman–Crippen MR) is 82.8 cm³/mol. The highest BCUT2D eigenvalue weighted by molar-refractivity contribution is 5.97. The lowest BCUT2D eigenvalue weighted by atomic mass is 9.61. The molecule has 0 amide bonds. The largest absolute Gasteiger partial charge is 0.478 e. The van der Waals surface area contributed by atoms with Crippen LogP contribution in [-0.2, 0) is 9.59 Å². The molecule has 0 aromatic heterocycles. The Kier molecular flexibility index (Phi) is 4.81. The van der Waals surface area contributed by atoms with Gasteiger partial charge in [0.15, 0.2) is 5.78 Å². The molecule has 2 rings (SSSR count). The summed E-state index contributed by atoms with van der Waals surface area (Å²) in [4.78, 5) is 22.7. The van der Waals surface area contributed by atoms with Crippen molar-refractivity contribution in [2.24, 2.45) is 23.7 Å². The summed E-state index contributed by atoms with van der Waals surface area (Å²) >= 11 is 0. The van der Waals surface area contributed by atoms with Crippen molar-refractivity contribution >= 4 is 11.8 Å². The zero-order chi connectivity index (χ0) is 15.6. The van der Waals surface area contributed by atoms with Gasteiger partial charge in [0, 0.05) is 12.5 Å². The first-order chi connectivity index (χ1) is 9.90. The Morgan fingerprint density at radius 3 is 2.62 bits per heavy atom. The van der Waals surface area contributed by atoms with E-state index >= 15 is 0 Å². The zero-order valence-electron chi connectivity index (χ0n) is 13.0. The molecule has 1 N–H and O–H groups in total. The van der Waals surface area contributed by atoms with E-state index in [4.69, 9.17) is 5.11 Å². The van der Waals surface area contributed by atoms with Gasteiger partial charge in [-0.25, -0.2) is 4.79 Å². The first kappa shape index (κ1) is 15.7. The van der Waals surface area contributed by atoms with Crippen LogP contribution in [0.2, 0.25) is 0 Å². The predicted octanol–water partition coefficient (Wildman–Crippen LogP) is 3.77. The second-order valence-corrected chi connectivity index (χ2v) is 6.60. The first-order valence-corrected chi connectivity index (χ1v) is 7.71. The Morgan fingerprint density at radius 1 is 1.24 bits per heavy atom. The fourth-order valence-corrected chi connectivity index (χ4v) is 4.11. The summed E-state index contributed by atoms with van der Waals surface area (Å²) in [5, 5.41) is 8.62. The summed E-state index contributed by atoms with van der Waals surface area (Å²) in [5.41, 5.74) is 1.98. The SMILES string of the molecule is CC1=C(C=C/C=C/C(=O)O)[C@@H]2[C@H](CC1=O)C[C@@H](C)C[C@@H]2C. The van der Waals surface area contributed by atoms with Crippen molar-refractivity contribution in [3.05, 3.63) is 35.5 Å². The lowest BCUT2D eigenvalue weighted by molar-refractivity contribution is -0.131. The van der Waals surface area contributed by atoms with Crippen LogP contribution < -0.4 is 0 Å². The van der Waals surface area contributed by atoms with Crippen molar-refractivity contribution in [1.82, 2.24) is 0 Å². The average molecular weight is 288 g/mol. The van der Waals surface area contributed by atoms with E-state index in [1.165, 1.54) is 12.5 Å². The van der Waals surface area contributed by atoms with Crippen LogP contribution in [0, 0.1) is 23.7 Å². The van der Waals surface area contributed by atoms with Crippen LogP contribution in [0.4, 0.5) is 0 Å². The van der Waals surface area contributed by atoms with Gasteiger partial charge in [0.05, 0.1) is 0 Å². The third kappa shape index (κ3) is 3.52. The number of rotatable bonds is 3. The third-order valence-corrected chi connectivity index (χ3v) is 4.88. The molecule has 3 heteroatoms. The molecular weight excluding hydrogens is 264 g/mol. The van der Waals surface area contributed by atoms with Gasteiger partial charge in [-0.15, -0.1) is 0 Å². The number of hydrogen-bond donors (Lipinski definition) is 1. The summed E-state index contributed by atoms with van der Waals surface area (Å²) < 4.78 is 0. The van der Waals surface area contributed by atoms with E-state index in [0.717, 1.165) is 23.6 Å². The quantitative estimate of drug-likeness (QED) is 0.635. The average Bonchev–Trinajstić information content (AvgIpc) is 2.38. The third-order valence-electron chi connectivity index (χ3n) is 4.88. The fourth-order valence-electron chi connectivity index (χ4n) is 4.11. The number of carboxylic acid groups (broad SMARTS) is 1. The van der Waals surface area contributed by atoms with Crippen molar-refractivity contribution in [2.75, 3.05) is 0 Å². The summed E-state index contributed by atoms with van der Waals surface area (Å²) in [7, 11) is 0. The van der Waals surface area contributed by atoms with Crippen molar-refractivity contribution < 1.29 is 14.7 Å². The van der Waals surface area contributed by atoms with Crippen LogP contribution in [0.5, 0.6) is 0 Å². The molecule has 0 aromatic carbocycles. The van der Waals surface area contributed by atoms with Gasteiger partial charge in [-0.3, -0.25) is 4.79 Å². The molecule has 2 aliphatic rings.